The van der Waals surface area contributed by atoms with Crippen LogP contribution in [0, 0.1) is 5.41 Å². The van der Waals surface area contributed by atoms with Crippen LogP contribution in [0.5, 0.6) is 0 Å². The van der Waals surface area contributed by atoms with E-state index < -0.39 is 5.60 Å². The SMILES string of the molecule is COCC1(O)CCNCC1(C)C. The summed E-state index contributed by atoms with van der Waals surface area (Å²) in [6, 6.07) is 0. The molecule has 0 saturated carbocycles. The Kier molecular flexibility index (Phi) is 2.76. The summed E-state index contributed by atoms with van der Waals surface area (Å²) in [5.41, 5.74) is -0.756. The van der Waals surface area contributed by atoms with E-state index in [1.807, 2.05) is 0 Å². The number of methoxy groups -OCH3 is 1. The molecule has 0 radical (unpaired) electrons. The molecule has 1 atom stereocenters. The minimum atomic E-state index is -0.660. The Morgan fingerprint density at radius 2 is 2.17 bits per heavy atom. The van der Waals surface area contributed by atoms with Gasteiger partial charge in [-0.05, 0) is 13.0 Å². The first-order valence-electron chi connectivity index (χ1n) is 4.44. The molecule has 0 amide bonds. The van der Waals surface area contributed by atoms with Gasteiger partial charge in [0.25, 0.3) is 0 Å². The number of ether oxygens (including phenoxy) is 1. The van der Waals surface area contributed by atoms with Crippen LogP contribution in [0.15, 0.2) is 0 Å². The molecule has 1 saturated heterocycles. The van der Waals surface area contributed by atoms with Gasteiger partial charge in [0.1, 0.15) is 0 Å². The molecule has 0 aromatic carbocycles. The minimum absolute atomic E-state index is 0.0960. The van der Waals surface area contributed by atoms with Crippen molar-refractivity contribution in [2.24, 2.45) is 5.41 Å². The van der Waals surface area contributed by atoms with Crippen LogP contribution in [0.4, 0.5) is 0 Å². The molecular formula is C9H19NO2. The fourth-order valence-corrected chi connectivity index (χ4v) is 1.71. The van der Waals surface area contributed by atoms with Gasteiger partial charge < -0.3 is 15.2 Å². The molecule has 3 nitrogen and oxygen atoms in total. The molecule has 1 heterocycles. The molecule has 1 unspecified atom stereocenters. The van der Waals surface area contributed by atoms with Crippen molar-refractivity contribution in [2.45, 2.75) is 25.9 Å². The highest BCUT2D eigenvalue weighted by atomic mass is 16.5. The molecule has 2 N–H and O–H groups in total. The topological polar surface area (TPSA) is 41.5 Å². The van der Waals surface area contributed by atoms with E-state index in [4.69, 9.17) is 4.74 Å². The van der Waals surface area contributed by atoms with Crippen LogP contribution >= 0.6 is 0 Å². The molecule has 1 aliphatic heterocycles. The van der Waals surface area contributed by atoms with Crippen molar-refractivity contribution >= 4 is 0 Å². The summed E-state index contributed by atoms with van der Waals surface area (Å²) in [5.74, 6) is 0. The molecule has 0 aliphatic carbocycles. The second kappa shape index (κ2) is 3.32. The van der Waals surface area contributed by atoms with Crippen LogP contribution in [-0.2, 0) is 4.74 Å². The number of aliphatic hydroxyl groups is 1. The summed E-state index contributed by atoms with van der Waals surface area (Å²) < 4.78 is 5.04. The molecule has 0 bridgehead atoms. The fourth-order valence-electron chi connectivity index (χ4n) is 1.71. The largest absolute Gasteiger partial charge is 0.387 e. The molecular weight excluding hydrogens is 154 g/mol. The van der Waals surface area contributed by atoms with Crippen LogP contribution in [0.3, 0.4) is 0 Å². The van der Waals surface area contributed by atoms with Gasteiger partial charge in [0, 0.05) is 19.1 Å². The minimum Gasteiger partial charge on any atom is -0.387 e. The van der Waals surface area contributed by atoms with E-state index in [-0.39, 0.29) is 5.41 Å². The lowest BCUT2D eigenvalue weighted by Crippen LogP contribution is -2.58. The van der Waals surface area contributed by atoms with Gasteiger partial charge in [-0.3, -0.25) is 0 Å². The highest BCUT2D eigenvalue weighted by Crippen LogP contribution is 2.35. The lowest BCUT2D eigenvalue weighted by atomic mass is 9.71. The van der Waals surface area contributed by atoms with Crippen LogP contribution in [0.1, 0.15) is 20.3 Å². The summed E-state index contributed by atoms with van der Waals surface area (Å²) in [5, 5.41) is 13.5. The second-order valence-electron chi connectivity index (χ2n) is 4.28. The third kappa shape index (κ3) is 1.63. The molecule has 1 aliphatic rings. The first-order valence-corrected chi connectivity index (χ1v) is 4.44. The molecule has 0 aromatic rings. The highest BCUT2D eigenvalue weighted by molar-refractivity contribution is 4.98. The standard InChI is InChI=1S/C9H19NO2/c1-8(2)6-10-5-4-9(8,11)7-12-3/h10-11H,4-7H2,1-3H3. The van der Waals surface area contributed by atoms with Crippen LogP contribution in [0.2, 0.25) is 0 Å². The van der Waals surface area contributed by atoms with Crippen LogP contribution < -0.4 is 5.32 Å². The first kappa shape index (κ1) is 9.96. The Hall–Kier alpha value is -0.120. The van der Waals surface area contributed by atoms with Gasteiger partial charge in [-0.1, -0.05) is 13.8 Å². The van der Waals surface area contributed by atoms with Gasteiger partial charge in [0.2, 0.25) is 0 Å². The predicted molar refractivity (Wildman–Crippen MR) is 48.1 cm³/mol. The molecule has 0 spiro atoms. The summed E-state index contributed by atoms with van der Waals surface area (Å²) >= 11 is 0. The smallest absolute Gasteiger partial charge is 0.0954 e. The van der Waals surface area contributed by atoms with E-state index in [2.05, 4.69) is 19.2 Å². The lowest BCUT2D eigenvalue weighted by molar-refractivity contribution is -0.127. The number of nitrogens with one attached hydrogen (secondary N) is 1. The van der Waals surface area contributed by atoms with E-state index >= 15 is 0 Å². The quantitative estimate of drug-likeness (QED) is 0.634. The molecule has 0 aromatic heterocycles. The van der Waals surface area contributed by atoms with Crippen molar-refractivity contribution in [1.82, 2.24) is 5.32 Å². The van der Waals surface area contributed by atoms with E-state index in [9.17, 15) is 5.11 Å². The number of piperidine rings is 1. The van der Waals surface area contributed by atoms with E-state index in [0.29, 0.717) is 6.61 Å². The van der Waals surface area contributed by atoms with Gasteiger partial charge in [0.05, 0.1) is 12.2 Å². The van der Waals surface area contributed by atoms with Crippen molar-refractivity contribution in [3.05, 3.63) is 0 Å². The summed E-state index contributed by atoms with van der Waals surface area (Å²) in [7, 11) is 1.64. The average molecular weight is 173 g/mol. The molecule has 72 valence electrons. The first-order chi connectivity index (χ1) is 5.52. The third-order valence-electron chi connectivity index (χ3n) is 2.93. The zero-order valence-electron chi connectivity index (χ0n) is 8.18. The van der Waals surface area contributed by atoms with Gasteiger partial charge in [-0.15, -0.1) is 0 Å². The second-order valence-corrected chi connectivity index (χ2v) is 4.28. The van der Waals surface area contributed by atoms with Gasteiger partial charge in [0.15, 0.2) is 0 Å². The van der Waals surface area contributed by atoms with Gasteiger partial charge in [-0.25, -0.2) is 0 Å². The zero-order valence-corrected chi connectivity index (χ0v) is 8.18. The zero-order chi connectivity index (χ0) is 9.24. The number of hydrogen-bond acceptors (Lipinski definition) is 3. The van der Waals surface area contributed by atoms with Gasteiger partial charge in [-0.2, -0.15) is 0 Å². The molecule has 12 heavy (non-hydrogen) atoms. The monoisotopic (exact) mass is 173 g/mol. The average Bonchev–Trinajstić information content (AvgIpc) is 1.96. The maximum atomic E-state index is 10.2. The maximum Gasteiger partial charge on any atom is 0.0954 e. The van der Waals surface area contributed by atoms with Crippen molar-refractivity contribution < 1.29 is 9.84 Å². The summed E-state index contributed by atoms with van der Waals surface area (Å²) in [6.07, 6.45) is 0.772. The Balaban J connectivity index is 2.69. The van der Waals surface area contributed by atoms with Crippen molar-refractivity contribution in [3.63, 3.8) is 0 Å². The van der Waals surface area contributed by atoms with E-state index in [1.54, 1.807) is 7.11 Å². The Morgan fingerprint density at radius 1 is 1.50 bits per heavy atom. The predicted octanol–water partition coefficient (Wildman–Crippen LogP) is 0.383. The highest BCUT2D eigenvalue weighted by Gasteiger charge is 2.45. The molecule has 3 heteroatoms. The summed E-state index contributed by atoms with van der Waals surface area (Å²) in [4.78, 5) is 0. The molecule has 1 rings (SSSR count). The maximum absolute atomic E-state index is 10.2. The van der Waals surface area contributed by atoms with Crippen LogP contribution in [-0.4, -0.2) is 37.5 Å². The van der Waals surface area contributed by atoms with Gasteiger partial charge >= 0.3 is 0 Å². The van der Waals surface area contributed by atoms with E-state index in [0.717, 1.165) is 19.5 Å². The summed E-state index contributed by atoms with van der Waals surface area (Å²) in [6.45, 7) is 6.30. The Bertz CT molecular complexity index is 155. The Morgan fingerprint density at radius 3 is 2.67 bits per heavy atom. The normalized spacial score (nSPS) is 35.0. The van der Waals surface area contributed by atoms with E-state index in [1.165, 1.54) is 0 Å². The fraction of sp³-hybridized carbons (Fsp3) is 1.00. The lowest BCUT2D eigenvalue weighted by Gasteiger charge is -2.46. The van der Waals surface area contributed by atoms with Crippen molar-refractivity contribution in [3.8, 4) is 0 Å². The Labute approximate surface area is 74.1 Å². The third-order valence-corrected chi connectivity index (χ3v) is 2.93. The van der Waals surface area contributed by atoms with Crippen molar-refractivity contribution in [2.75, 3.05) is 26.8 Å². The number of rotatable bonds is 2. The van der Waals surface area contributed by atoms with Crippen molar-refractivity contribution in [1.29, 1.82) is 0 Å². The number of hydrogen-bond donors (Lipinski definition) is 2. The van der Waals surface area contributed by atoms with Crippen LogP contribution in [0.25, 0.3) is 0 Å². The molecule has 1 fully saturated rings.